The molecule has 0 saturated carbocycles. The summed E-state index contributed by atoms with van der Waals surface area (Å²) in [6.45, 7) is 9.33. The van der Waals surface area contributed by atoms with Gasteiger partial charge in [-0.05, 0) is 38.3 Å². The monoisotopic (exact) mass is 403 g/mol. The maximum absolute atomic E-state index is 12.4. The molecule has 1 aromatic heterocycles. The largest absolute Gasteiger partial charge is 0.459 e. The fourth-order valence-corrected chi connectivity index (χ4v) is 4.06. The van der Waals surface area contributed by atoms with Crippen LogP contribution in [0.25, 0.3) is 0 Å². The van der Waals surface area contributed by atoms with Crippen molar-refractivity contribution in [3.8, 4) is 0 Å². The Bertz CT molecular complexity index is 695. The van der Waals surface area contributed by atoms with E-state index in [2.05, 4.69) is 24.1 Å². The normalized spacial score (nSPS) is 19.0. The third-order valence-corrected chi connectivity index (χ3v) is 5.68. The van der Waals surface area contributed by atoms with Crippen LogP contribution in [0.4, 0.5) is 0 Å². The second-order valence-electron chi connectivity index (χ2n) is 7.53. The van der Waals surface area contributed by atoms with E-state index in [0.717, 1.165) is 51.4 Å². The van der Waals surface area contributed by atoms with Gasteiger partial charge in [0.1, 0.15) is 0 Å². The van der Waals surface area contributed by atoms with Crippen molar-refractivity contribution in [1.82, 2.24) is 20.0 Å². The molecule has 8 heteroatoms. The highest BCUT2D eigenvalue weighted by Crippen LogP contribution is 2.18. The predicted octanol–water partition coefficient (Wildman–Crippen LogP) is 1.79. The zero-order valence-electron chi connectivity index (χ0n) is 17.6. The molecular formula is C21H33N5O3. The summed E-state index contributed by atoms with van der Waals surface area (Å²) in [6, 6.07) is 3.72. The van der Waals surface area contributed by atoms with E-state index in [1.165, 1.54) is 6.26 Å². The van der Waals surface area contributed by atoms with E-state index in [0.29, 0.717) is 31.8 Å². The maximum atomic E-state index is 12.4. The molecule has 3 heterocycles. The molecule has 2 fully saturated rings. The first kappa shape index (κ1) is 21.2. The molecule has 0 aliphatic carbocycles. The van der Waals surface area contributed by atoms with Crippen LogP contribution in [0.5, 0.6) is 0 Å². The molecule has 160 valence electrons. The van der Waals surface area contributed by atoms with Gasteiger partial charge in [0, 0.05) is 58.3 Å². The van der Waals surface area contributed by atoms with Gasteiger partial charge in [0.2, 0.25) is 5.91 Å². The van der Waals surface area contributed by atoms with Crippen LogP contribution < -0.4 is 5.32 Å². The SMILES string of the molecule is CCNC(=NCCC(CC)N1CCCC1=O)N1CCN(C(=O)c2ccco2)CC1. The van der Waals surface area contributed by atoms with Gasteiger partial charge in [-0.15, -0.1) is 0 Å². The first-order valence-corrected chi connectivity index (χ1v) is 10.8. The summed E-state index contributed by atoms with van der Waals surface area (Å²) in [6.07, 6.45) is 5.03. The molecule has 1 N–H and O–H groups in total. The average molecular weight is 404 g/mol. The van der Waals surface area contributed by atoms with Crippen LogP contribution in [0.15, 0.2) is 27.8 Å². The van der Waals surface area contributed by atoms with Crippen LogP contribution in [-0.2, 0) is 4.79 Å². The summed E-state index contributed by atoms with van der Waals surface area (Å²) in [5.74, 6) is 1.50. The van der Waals surface area contributed by atoms with Crippen LogP contribution in [0.2, 0.25) is 0 Å². The number of carbonyl (C=O) groups is 2. The summed E-state index contributed by atoms with van der Waals surface area (Å²) < 4.78 is 5.23. The van der Waals surface area contributed by atoms with E-state index < -0.39 is 0 Å². The van der Waals surface area contributed by atoms with Gasteiger partial charge in [0.25, 0.3) is 5.91 Å². The number of likely N-dealkylation sites (tertiary alicyclic amines) is 1. The highest BCUT2D eigenvalue weighted by molar-refractivity contribution is 5.91. The second-order valence-corrected chi connectivity index (χ2v) is 7.53. The van der Waals surface area contributed by atoms with Crippen LogP contribution >= 0.6 is 0 Å². The number of furan rings is 1. The third kappa shape index (κ3) is 5.31. The lowest BCUT2D eigenvalue weighted by atomic mass is 10.1. The van der Waals surface area contributed by atoms with Gasteiger partial charge in [0.05, 0.1) is 6.26 Å². The topological polar surface area (TPSA) is 81.4 Å². The fourth-order valence-electron chi connectivity index (χ4n) is 4.06. The molecule has 2 saturated heterocycles. The summed E-state index contributed by atoms with van der Waals surface area (Å²) in [7, 11) is 0. The Balaban J connectivity index is 1.52. The lowest BCUT2D eigenvalue weighted by molar-refractivity contribution is -0.129. The maximum Gasteiger partial charge on any atom is 0.289 e. The summed E-state index contributed by atoms with van der Waals surface area (Å²) in [5.41, 5.74) is 0. The zero-order valence-corrected chi connectivity index (χ0v) is 17.6. The van der Waals surface area contributed by atoms with E-state index >= 15 is 0 Å². The lowest BCUT2D eigenvalue weighted by Gasteiger charge is -2.36. The van der Waals surface area contributed by atoms with Gasteiger partial charge in [0.15, 0.2) is 11.7 Å². The fraction of sp³-hybridized carbons (Fsp3) is 0.667. The molecule has 3 rings (SSSR count). The van der Waals surface area contributed by atoms with Gasteiger partial charge < -0.3 is 24.4 Å². The Morgan fingerprint density at radius 3 is 2.55 bits per heavy atom. The van der Waals surface area contributed by atoms with Crippen molar-refractivity contribution in [1.29, 1.82) is 0 Å². The highest BCUT2D eigenvalue weighted by atomic mass is 16.3. The molecule has 2 aliphatic heterocycles. The number of aliphatic imine (C=N–C) groups is 1. The summed E-state index contributed by atoms with van der Waals surface area (Å²) >= 11 is 0. The lowest BCUT2D eigenvalue weighted by Crippen LogP contribution is -2.53. The number of rotatable bonds is 7. The molecule has 8 nitrogen and oxygen atoms in total. The Labute approximate surface area is 172 Å². The van der Waals surface area contributed by atoms with E-state index in [1.54, 1.807) is 12.1 Å². The Hall–Kier alpha value is -2.51. The molecule has 1 unspecified atom stereocenters. The number of nitrogens with zero attached hydrogens (tertiary/aromatic N) is 4. The van der Waals surface area contributed by atoms with Crippen molar-refractivity contribution in [2.24, 2.45) is 4.99 Å². The minimum atomic E-state index is -0.0577. The molecular weight excluding hydrogens is 370 g/mol. The number of carbonyl (C=O) groups excluding carboxylic acids is 2. The zero-order chi connectivity index (χ0) is 20.6. The third-order valence-electron chi connectivity index (χ3n) is 5.68. The van der Waals surface area contributed by atoms with Gasteiger partial charge >= 0.3 is 0 Å². The van der Waals surface area contributed by atoms with Crippen LogP contribution in [0.3, 0.4) is 0 Å². The van der Waals surface area contributed by atoms with Crippen molar-refractivity contribution < 1.29 is 14.0 Å². The molecule has 1 atom stereocenters. The number of hydrogen-bond acceptors (Lipinski definition) is 4. The Morgan fingerprint density at radius 2 is 1.97 bits per heavy atom. The van der Waals surface area contributed by atoms with Gasteiger partial charge in [-0.1, -0.05) is 6.92 Å². The average Bonchev–Trinajstić information content (AvgIpc) is 3.42. The number of hydrogen-bond donors (Lipinski definition) is 1. The molecule has 0 bridgehead atoms. The van der Waals surface area contributed by atoms with Crippen molar-refractivity contribution in [3.63, 3.8) is 0 Å². The van der Waals surface area contributed by atoms with Crippen LogP contribution in [0.1, 0.15) is 50.1 Å². The summed E-state index contributed by atoms with van der Waals surface area (Å²) in [5, 5.41) is 3.37. The molecule has 1 aromatic rings. The van der Waals surface area contributed by atoms with E-state index in [-0.39, 0.29) is 17.9 Å². The molecule has 29 heavy (non-hydrogen) atoms. The number of nitrogens with one attached hydrogen (secondary N) is 1. The van der Waals surface area contributed by atoms with Gasteiger partial charge in [-0.2, -0.15) is 0 Å². The Morgan fingerprint density at radius 1 is 1.21 bits per heavy atom. The smallest absolute Gasteiger partial charge is 0.289 e. The summed E-state index contributed by atoms with van der Waals surface area (Å²) in [4.78, 5) is 35.3. The van der Waals surface area contributed by atoms with Gasteiger partial charge in [-0.3, -0.25) is 14.6 Å². The Kier molecular flexibility index (Phi) is 7.55. The van der Waals surface area contributed by atoms with E-state index in [9.17, 15) is 9.59 Å². The van der Waals surface area contributed by atoms with Crippen molar-refractivity contribution in [3.05, 3.63) is 24.2 Å². The minimum absolute atomic E-state index is 0.0577. The number of piperazine rings is 1. The first-order valence-electron chi connectivity index (χ1n) is 10.8. The van der Waals surface area contributed by atoms with Crippen LogP contribution in [-0.4, -0.2) is 84.3 Å². The quantitative estimate of drug-likeness (QED) is 0.555. The second kappa shape index (κ2) is 10.3. The first-order chi connectivity index (χ1) is 14.1. The van der Waals surface area contributed by atoms with Crippen molar-refractivity contribution >= 4 is 17.8 Å². The van der Waals surface area contributed by atoms with E-state index in [4.69, 9.17) is 9.41 Å². The molecule has 2 aliphatic rings. The number of guanidine groups is 1. The molecule has 0 radical (unpaired) electrons. The van der Waals surface area contributed by atoms with Crippen molar-refractivity contribution in [2.75, 3.05) is 45.8 Å². The van der Waals surface area contributed by atoms with Crippen molar-refractivity contribution in [2.45, 2.75) is 45.6 Å². The minimum Gasteiger partial charge on any atom is -0.459 e. The van der Waals surface area contributed by atoms with E-state index in [1.807, 2.05) is 9.80 Å². The standard InChI is InChI=1S/C21H33N5O3/c1-3-17(26-11-5-8-19(26)27)9-10-23-21(22-4-2)25-14-12-24(13-15-25)20(28)18-7-6-16-29-18/h6-7,16-17H,3-5,8-15H2,1-2H3,(H,22,23). The molecule has 0 spiro atoms. The predicted molar refractivity (Wildman–Crippen MR) is 112 cm³/mol. The molecule has 2 amide bonds. The highest BCUT2D eigenvalue weighted by Gasteiger charge is 2.27. The van der Waals surface area contributed by atoms with Crippen LogP contribution in [0, 0.1) is 0 Å². The molecule has 0 aromatic carbocycles. The number of amides is 2. The van der Waals surface area contributed by atoms with Gasteiger partial charge in [-0.25, -0.2) is 0 Å².